The zero-order chi connectivity index (χ0) is 19.2. The first-order valence-electron chi connectivity index (χ1n) is 10.1. The molecule has 0 aromatic heterocycles. The summed E-state index contributed by atoms with van der Waals surface area (Å²) < 4.78 is 0. The first-order chi connectivity index (χ1) is 13.8. The van der Waals surface area contributed by atoms with E-state index in [2.05, 4.69) is 116 Å². The van der Waals surface area contributed by atoms with E-state index in [0.717, 1.165) is 12.8 Å². The highest BCUT2D eigenvalue weighted by Gasteiger charge is 2.22. The molecule has 0 heteroatoms. The maximum absolute atomic E-state index is 2.36. The lowest BCUT2D eigenvalue weighted by Gasteiger charge is -2.27. The summed E-state index contributed by atoms with van der Waals surface area (Å²) in [5.41, 5.74) is 8.02. The number of allylic oxidation sites excluding steroid dienone is 3. The Bertz CT molecular complexity index is 928. The minimum Gasteiger partial charge on any atom is -0.0622 e. The first kappa shape index (κ1) is 18.3. The van der Waals surface area contributed by atoms with Crippen molar-refractivity contribution in [2.24, 2.45) is 5.92 Å². The van der Waals surface area contributed by atoms with E-state index in [0.29, 0.717) is 5.92 Å². The van der Waals surface area contributed by atoms with Gasteiger partial charge in [0.25, 0.3) is 0 Å². The highest BCUT2D eigenvalue weighted by atomic mass is 14.3. The second kappa shape index (κ2) is 8.71. The van der Waals surface area contributed by atoms with Gasteiger partial charge in [-0.15, -0.1) is 0 Å². The smallest absolute Gasteiger partial charge is 0.0186 e. The standard InChI is InChI=1S/C28H26/c1-22-17-26(19-23-11-5-2-6-12-23)28(21-25-15-9-4-10-16-25)27(18-22)20-24-13-7-3-8-14-24/h2-16,19-22H,17-18H2,1H3/b26-19-,27-20+,28-21?. The van der Waals surface area contributed by atoms with Crippen LogP contribution in [0.3, 0.4) is 0 Å². The van der Waals surface area contributed by atoms with E-state index >= 15 is 0 Å². The number of rotatable bonds is 3. The van der Waals surface area contributed by atoms with Gasteiger partial charge in [-0.3, -0.25) is 0 Å². The molecular formula is C28H26. The van der Waals surface area contributed by atoms with Crippen molar-refractivity contribution in [2.45, 2.75) is 19.8 Å². The summed E-state index contributed by atoms with van der Waals surface area (Å²) in [5.74, 6) is 0.637. The summed E-state index contributed by atoms with van der Waals surface area (Å²) in [6.45, 7) is 2.36. The molecule has 0 aliphatic heterocycles. The molecule has 1 saturated carbocycles. The Hall–Kier alpha value is -3.12. The van der Waals surface area contributed by atoms with Crippen LogP contribution in [0.1, 0.15) is 36.5 Å². The van der Waals surface area contributed by atoms with E-state index in [4.69, 9.17) is 0 Å². The average Bonchev–Trinajstić information content (AvgIpc) is 2.73. The number of benzene rings is 3. The normalized spacial score (nSPS) is 21.3. The molecular weight excluding hydrogens is 336 g/mol. The Balaban J connectivity index is 1.83. The van der Waals surface area contributed by atoms with Gasteiger partial charge < -0.3 is 0 Å². The zero-order valence-corrected chi connectivity index (χ0v) is 16.4. The molecule has 0 saturated heterocycles. The van der Waals surface area contributed by atoms with Crippen LogP contribution >= 0.6 is 0 Å². The summed E-state index contributed by atoms with van der Waals surface area (Å²) in [6, 6.07) is 32.0. The Morgan fingerprint density at radius 2 is 0.893 bits per heavy atom. The van der Waals surface area contributed by atoms with E-state index in [-0.39, 0.29) is 0 Å². The lowest BCUT2D eigenvalue weighted by molar-refractivity contribution is 0.558. The Morgan fingerprint density at radius 1 is 0.536 bits per heavy atom. The van der Waals surface area contributed by atoms with Gasteiger partial charge in [-0.25, -0.2) is 0 Å². The van der Waals surface area contributed by atoms with Crippen LogP contribution in [0, 0.1) is 5.92 Å². The zero-order valence-electron chi connectivity index (χ0n) is 16.4. The van der Waals surface area contributed by atoms with E-state index < -0.39 is 0 Å². The minimum absolute atomic E-state index is 0.637. The highest BCUT2D eigenvalue weighted by Crippen LogP contribution is 2.40. The Kier molecular flexibility index (Phi) is 5.68. The summed E-state index contributed by atoms with van der Waals surface area (Å²) in [6.07, 6.45) is 9.31. The van der Waals surface area contributed by atoms with Crippen molar-refractivity contribution in [1.82, 2.24) is 0 Å². The molecule has 0 N–H and O–H groups in total. The Morgan fingerprint density at radius 3 is 1.29 bits per heavy atom. The molecule has 1 unspecified atom stereocenters. The quantitative estimate of drug-likeness (QED) is 0.448. The van der Waals surface area contributed by atoms with Gasteiger partial charge in [-0.05, 0) is 58.2 Å². The van der Waals surface area contributed by atoms with Gasteiger partial charge in [-0.2, -0.15) is 0 Å². The predicted molar refractivity (Wildman–Crippen MR) is 122 cm³/mol. The first-order valence-corrected chi connectivity index (χ1v) is 10.1. The predicted octanol–water partition coefficient (Wildman–Crippen LogP) is 7.67. The van der Waals surface area contributed by atoms with Gasteiger partial charge in [0.15, 0.2) is 0 Å². The average molecular weight is 363 g/mol. The van der Waals surface area contributed by atoms with Gasteiger partial charge in [0.2, 0.25) is 0 Å². The van der Waals surface area contributed by atoms with Crippen LogP contribution < -0.4 is 0 Å². The minimum atomic E-state index is 0.637. The molecule has 1 aliphatic carbocycles. The van der Waals surface area contributed by atoms with Crippen molar-refractivity contribution in [3.05, 3.63) is 124 Å². The van der Waals surface area contributed by atoms with Gasteiger partial charge in [-0.1, -0.05) is 110 Å². The van der Waals surface area contributed by atoms with Crippen LogP contribution in [0.2, 0.25) is 0 Å². The molecule has 3 aromatic carbocycles. The van der Waals surface area contributed by atoms with E-state index in [9.17, 15) is 0 Å². The highest BCUT2D eigenvalue weighted by molar-refractivity contribution is 5.76. The SMILES string of the molecule is CC1C/C(=C/c2ccccc2)C(=Cc2ccccc2)/C(=C/c2ccccc2)C1. The van der Waals surface area contributed by atoms with E-state index in [1.54, 1.807) is 0 Å². The third kappa shape index (κ3) is 4.58. The molecule has 0 radical (unpaired) electrons. The molecule has 0 bridgehead atoms. The van der Waals surface area contributed by atoms with Crippen LogP contribution in [-0.2, 0) is 0 Å². The summed E-state index contributed by atoms with van der Waals surface area (Å²) in [4.78, 5) is 0. The van der Waals surface area contributed by atoms with Crippen LogP contribution in [0.25, 0.3) is 18.2 Å². The lowest BCUT2D eigenvalue weighted by Crippen LogP contribution is -2.11. The van der Waals surface area contributed by atoms with Crippen LogP contribution in [0.5, 0.6) is 0 Å². The van der Waals surface area contributed by atoms with Crippen molar-refractivity contribution in [2.75, 3.05) is 0 Å². The van der Waals surface area contributed by atoms with Crippen LogP contribution in [-0.4, -0.2) is 0 Å². The topological polar surface area (TPSA) is 0 Å². The largest absolute Gasteiger partial charge is 0.0622 e. The molecule has 0 heterocycles. The third-order valence-corrected chi connectivity index (χ3v) is 5.22. The Labute approximate surface area is 168 Å². The van der Waals surface area contributed by atoms with Gasteiger partial charge in [0, 0.05) is 0 Å². The molecule has 28 heavy (non-hydrogen) atoms. The van der Waals surface area contributed by atoms with Crippen molar-refractivity contribution in [1.29, 1.82) is 0 Å². The van der Waals surface area contributed by atoms with Gasteiger partial charge in [0.05, 0.1) is 0 Å². The number of hydrogen-bond acceptors (Lipinski definition) is 0. The third-order valence-electron chi connectivity index (χ3n) is 5.22. The van der Waals surface area contributed by atoms with E-state index in [1.165, 1.54) is 33.4 Å². The molecule has 1 atom stereocenters. The molecule has 3 aromatic rings. The maximum Gasteiger partial charge on any atom is -0.0186 e. The molecule has 1 aliphatic rings. The molecule has 0 nitrogen and oxygen atoms in total. The van der Waals surface area contributed by atoms with Crippen LogP contribution in [0.4, 0.5) is 0 Å². The van der Waals surface area contributed by atoms with Crippen molar-refractivity contribution < 1.29 is 0 Å². The van der Waals surface area contributed by atoms with Gasteiger partial charge in [0.1, 0.15) is 0 Å². The van der Waals surface area contributed by atoms with Gasteiger partial charge >= 0.3 is 0 Å². The summed E-state index contributed by atoms with van der Waals surface area (Å²) in [5, 5.41) is 0. The summed E-state index contributed by atoms with van der Waals surface area (Å²) >= 11 is 0. The number of hydrogen-bond donors (Lipinski definition) is 0. The fourth-order valence-corrected chi connectivity index (χ4v) is 3.92. The molecule has 4 rings (SSSR count). The summed E-state index contributed by atoms with van der Waals surface area (Å²) in [7, 11) is 0. The second-order valence-corrected chi connectivity index (χ2v) is 7.64. The lowest BCUT2D eigenvalue weighted by atomic mass is 9.77. The monoisotopic (exact) mass is 362 g/mol. The van der Waals surface area contributed by atoms with Crippen LogP contribution in [0.15, 0.2) is 108 Å². The van der Waals surface area contributed by atoms with Crippen molar-refractivity contribution in [3.8, 4) is 0 Å². The maximum atomic E-state index is 2.36. The van der Waals surface area contributed by atoms with Crippen molar-refractivity contribution in [3.63, 3.8) is 0 Å². The van der Waals surface area contributed by atoms with Crippen molar-refractivity contribution >= 4 is 18.2 Å². The molecule has 1 fully saturated rings. The molecule has 138 valence electrons. The van der Waals surface area contributed by atoms with E-state index in [1.807, 2.05) is 0 Å². The molecule has 0 spiro atoms. The second-order valence-electron chi connectivity index (χ2n) is 7.64. The fraction of sp³-hybridized carbons (Fsp3) is 0.143. The molecule has 0 amide bonds. The fourth-order valence-electron chi connectivity index (χ4n) is 3.92.